The molecular formula is C12H19NOS. The van der Waals surface area contributed by atoms with Gasteiger partial charge in [-0.2, -0.15) is 0 Å². The minimum atomic E-state index is -0.0654. The third kappa shape index (κ3) is 2.29. The van der Waals surface area contributed by atoms with Crippen LogP contribution in [-0.2, 0) is 5.54 Å². The van der Waals surface area contributed by atoms with Crippen LogP contribution in [0.25, 0.3) is 0 Å². The lowest BCUT2D eigenvalue weighted by molar-refractivity contribution is 0.377. The van der Waals surface area contributed by atoms with E-state index in [-0.39, 0.29) is 5.54 Å². The van der Waals surface area contributed by atoms with Gasteiger partial charge in [0.15, 0.2) is 0 Å². The van der Waals surface area contributed by atoms with Crippen LogP contribution in [0.2, 0.25) is 0 Å². The molecule has 0 saturated heterocycles. The lowest BCUT2D eigenvalue weighted by Gasteiger charge is -2.30. The van der Waals surface area contributed by atoms with Crippen molar-refractivity contribution in [2.75, 3.05) is 7.05 Å². The normalized spacial score (nSPS) is 14.7. The van der Waals surface area contributed by atoms with Gasteiger partial charge < -0.3 is 9.50 Å². The van der Waals surface area contributed by atoms with Crippen LogP contribution in [0.5, 0.6) is 5.75 Å². The summed E-state index contributed by atoms with van der Waals surface area (Å²) in [4.78, 5) is 0. The van der Waals surface area contributed by atoms with Crippen LogP contribution in [-0.4, -0.2) is 7.05 Å². The number of hydrogen-bond acceptors (Lipinski definition) is 3. The zero-order chi connectivity index (χ0) is 11.5. The van der Waals surface area contributed by atoms with Crippen LogP contribution in [0.4, 0.5) is 0 Å². The Morgan fingerprint density at radius 1 is 1.47 bits per heavy atom. The molecule has 0 amide bonds. The van der Waals surface area contributed by atoms with E-state index in [9.17, 15) is 0 Å². The van der Waals surface area contributed by atoms with E-state index in [1.807, 2.05) is 26.1 Å². The van der Waals surface area contributed by atoms with Crippen molar-refractivity contribution in [2.24, 2.45) is 0 Å². The number of benzene rings is 1. The second-order valence-electron chi connectivity index (χ2n) is 3.98. The van der Waals surface area contributed by atoms with Crippen LogP contribution >= 0.6 is 12.9 Å². The molecule has 1 aromatic carbocycles. The van der Waals surface area contributed by atoms with Crippen LogP contribution in [0, 0.1) is 6.92 Å². The number of para-hydroxylation sites is 1. The van der Waals surface area contributed by atoms with Gasteiger partial charge in [0.25, 0.3) is 0 Å². The largest absolute Gasteiger partial charge is 0.428 e. The number of nitrogens with one attached hydrogen (secondary N) is 1. The first kappa shape index (κ1) is 12.4. The van der Waals surface area contributed by atoms with E-state index in [0.717, 1.165) is 23.3 Å². The van der Waals surface area contributed by atoms with E-state index < -0.39 is 0 Å². The Kier molecular flexibility index (Phi) is 4.05. The van der Waals surface area contributed by atoms with Crippen molar-refractivity contribution < 1.29 is 4.18 Å². The summed E-state index contributed by atoms with van der Waals surface area (Å²) in [7, 11) is 1.97. The average molecular weight is 225 g/mol. The summed E-state index contributed by atoms with van der Waals surface area (Å²) >= 11 is 3.93. The summed E-state index contributed by atoms with van der Waals surface area (Å²) < 4.78 is 5.18. The van der Waals surface area contributed by atoms with Crippen LogP contribution in [0.3, 0.4) is 0 Å². The first-order chi connectivity index (χ1) is 7.09. The fourth-order valence-electron chi connectivity index (χ4n) is 1.71. The minimum absolute atomic E-state index is 0.0654. The summed E-state index contributed by atoms with van der Waals surface area (Å²) in [6, 6.07) is 6.16. The Labute approximate surface area is 97.6 Å². The number of thiol groups is 1. The Morgan fingerprint density at radius 3 is 2.60 bits per heavy atom. The highest BCUT2D eigenvalue weighted by Gasteiger charge is 2.26. The third-order valence-electron chi connectivity index (χ3n) is 3.16. The highest BCUT2D eigenvalue weighted by molar-refractivity contribution is 7.75. The van der Waals surface area contributed by atoms with Crippen LogP contribution in [0.15, 0.2) is 18.2 Å². The third-order valence-corrected chi connectivity index (χ3v) is 3.34. The summed E-state index contributed by atoms with van der Waals surface area (Å²) in [5.74, 6) is 0.861. The van der Waals surface area contributed by atoms with Crippen molar-refractivity contribution >= 4 is 12.9 Å². The summed E-state index contributed by atoms with van der Waals surface area (Å²) in [5, 5.41) is 3.33. The van der Waals surface area contributed by atoms with E-state index in [1.54, 1.807) is 0 Å². The number of aryl methyl sites for hydroxylation is 1. The predicted octanol–water partition coefficient (Wildman–Crippen LogP) is 3.06. The van der Waals surface area contributed by atoms with Gasteiger partial charge in [0.1, 0.15) is 5.75 Å². The molecule has 15 heavy (non-hydrogen) atoms. The maximum absolute atomic E-state index is 5.18. The SMILES string of the molecule is CCC(C)(NC)c1cccc(C)c1OS. The molecule has 1 unspecified atom stereocenters. The highest BCUT2D eigenvalue weighted by Crippen LogP contribution is 2.34. The van der Waals surface area contributed by atoms with Crippen LogP contribution < -0.4 is 9.50 Å². The van der Waals surface area contributed by atoms with Gasteiger partial charge in [0.2, 0.25) is 0 Å². The highest BCUT2D eigenvalue weighted by atomic mass is 32.1. The molecule has 3 heteroatoms. The molecule has 1 rings (SSSR count). The standard InChI is InChI=1S/C12H19NOS/c1-5-12(3,13-4)10-8-6-7-9(2)11(10)14-15/h6-8,13,15H,5H2,1-4H3. The van der Waals surface area contributed by atoms with Gasteiger partial charge in [-0.3, -0.25) is 0 Å². The molecule has 0 bridgehead atoms. The Balaban J connectivity index is 3.29. The van der Waals surface area contributed by atoms with Crippen molar-refractivity contribution in [3.05, 3.63) is 29.3 Å². The van der Waals surface area contributed by atoms with Crippen molar-refractivity contribution in [1.29, 1.82) is 0 Å². The van der Waals surface area contributed by atoms with Crippen molar-refractivity contribution in [2.45, 2.75) is 32.7 Å². The Hall–Kier alpha value is -0.670. The first-order valence-corrected chi connectivity index (χ1v) is 5.56. The summed E-state index contributed by atoms with van der Waals surface area (Å²) in [6.45, 7) is 6.35. The van der Waals surface area contributed by atoms with E-state index in [1.165, 1.54) is 0 Å². The lowest BCUT2D eigenvalue weighted by atomic mass is 9.88. The number of rotatable bonds is 4. The maximum atomic E-state index is 5.18. The molecule has 0 aromatic heterocycles. The Bertz CT molecular complexity index is 334. The molecule has 0 aliphatic heterocycles. The van der Waals surface area contributed by atoms with E-state index in [2.05, 4.69) is 38.1 Å². The van der Waals surface area contributed by atoms with Crippen LogP contribution in [0.1, 0.15) is 31.4 Å². The quantitative estimate of drug-likeness (QED) is 0.607. The fourth-order valence-corrected chi connectivity index (χ4v) is 1.95. The predicted molar refractivity (Wildman–Crippen MR) is 67.5 cm³/mol. The van der Waals surface area contributed by atoms with Gasteiger partial charge in [-0.25, -0.2) is 0 Å². The van der Waals surface area contributed by atoms with Gasteiger partial charge in [-0.1, -0.05) is 25.1 Å². The van der Waals surface area contributed by atoms with E-state index in [0.29, 0.717) is 0 Å². The molecule has 0 radical (unpaired) electrons. The molecule has 0 aliphatic rings. The second kappa shape index (κ2) is 4.90. The van der Waals surface area contributed by atoms with Gasteiger partial charge >= 0.3 is 0 Å². The topological polar surface area (TPSA) is 21.3 Å². The Morgan fingerprint density at radius 2 is 2.13 bits per heavy atom. The van der Waals surface area contributed by atoms with Gasteiger partial charge in [0.05, 0.1) is 0 Å². The molecule has 0 saturated carbocycles. The summed E-state index contributed by atoms with van der Waals surface area (Å²) in [6.07, 6.45) is 0.997. The van der Waals surface area contributed by atoms with Crippen molar-refractivity contribution in [3.63, 3.8) is 0 Å². The molecule has 0 heterocycles. The molecule has 1 aromatic rings. The number of hydrogen-bond donors (Lipinski definition) is 2. The molecule has 84 valence electrons. The monoisotopic (exact) mass is 225 g/mol. The molecule has 0 aliphatic carbocycles. The van der Waals surface area contributed by atoms with E-state index in [4.69, 9.17) is 4.18 Å². The zero-order valence-electron chi connectivity index (χ0n) is 9.79. The fraction of sp³-hybridized carbons (Fsp3) is 0.500. The second-order valence-corrected chi connectivity index (χ2v) is 4.16. The molecule has 2 nitrogen and oxygen atoms in total. The van der Waals surface area contributed by atoms with Crippen molar-refractivity contribution in [3.8, 4) is 5.75 Å². The molecular weight excluding hydrogens is 206 g/mol. The minimum Gasteiger partial charge on any atom is -0.428 e. The molecule has 1 N–H and O–H groups in total. The molecule has 0 spiro atoms. The van der Waals surface area contributed by atoms with Gasteiger partial charge in [-0.05, 0) is 32.9 Å². The average Bonchev–Trinajstić information content (AvgIpc) is 2.27. The van der Waals surface area contributed by atoms with Crippen molar-refractivity contribution in [1.82, 2.24) is 5.32 Å². The molecule has 0 fully saturated rings. The smallest absolute Gasteiger partial charge is 0.144 e. The van der Waals surface area contributed by atoms with Gasteiger partial charge in [0, 0.05) is 24.0 Å². The maximum Gasteiger partial charge on any atom is 0.144 e. The van der Waals surface area contributed by atoms with E-state index >= 15 is 0 Å². The zero-order valence-corrected chi connectivity index (χ0v) is 10.7. The first-order valence-electron chi connectivity index (χ1n) is 5.19. The lowest BCUT2D eigenvalue weighted by Crippen LogP contribution is -2.36. The molecule has 1 atom stereocenters. The summed E-state index contributed by atoms with van der Waals surface area (Å²) in [5.41, 5.74) is 2.20. The van der Waals surface area contributed by atoms with Gasteiger partial charge in [-0.15, -0.1) is 0 Å².